The van der Waals surface area contributed by atoms with Crippen LogP contribution in [0.15, 0.2) is 12.2 Å². The monoisotopic (exact) mass is 302 g/mol. The average molecular weight is 302 g/mol. The summed E-state index contributed by atoms with van der Waals surface area (Å²) in [7, 11) is 0. The number of aliphatic hydroxyl groups excluding tert-OH is 3. The van der Waals surface area contributed by atoms with Crippen molar-refractivity contribution >= 4 is 5.97 Å². The molecule has 5 nitrogen and oxygen atoms in total. The third kappa shape index (κ3) is 11.4. The van der Waals surface area contributed by atoms with Crippen LogP contribution in [0.25, 0.3) is 0 Å². The fourth-order valence-electron chi connectivity index (χ4n) is 2.07. The molecule has 0 aliphatic carbocycles. The zero-order valence-electron chi connectivity index (χ0n) is 12.9. The van der Waals surface area contributed by atoms with E-state index in [1.54, 1.807) is 0 Å². The van der Waals surface area contributed by atoms with Crippen molar-refractivity contribution in [1.82, 2.24) is 0 Å². The summed E-state index contributed by atoms with van der Waals surface area (Å²) in [6, 6.07) is 0. The molecule has 124 valence electrons. The van der Waals surface area contributed by atoms with E-state index >= 15 is 0 Å². The molecule has 0 saturated heterocycles. The Bertz CT molecular complexity index is 290. The smallest absolute Gasteiger partial charge is 0.303 e. The summed E-state index contributed by atoms with van der Waals surface area (Å²) >= 11 is 0. The van der Waals surface area contributed by atoms with Crippen molar-refractivity contribution in [3.05, 3.63) is 12.2 Å². The van der Waals surface area contributed by atoms with E-state index in [1.807, 2.05) is 6.08 Å². The first-order valence-corrected chi connectivity index (χ1v) is 7.91. The van der Waals surface area contributed by atoms with Gasteiger partial charge in [0.15, 0.2) is 0 Å². The van der Waals surface area contributed by atoms with Crippen molar-refractivity contribution in [2.24, 2.45) is 0 Å². The number of carboxylic acids is 1. The molecule has 0 aromatic heterocycles. The van der Waals surface area contributed by atoms with Gasteiger partial charge in [0.2, 0.25) is 0 Å². The molecule has 0 aliphatic rings. The summed E-state index contributed by atoms with van der Waals surface area (Å²) in [6.45, 7) is 2.12. The Labute approximate surface area is 127 Å². The van der Waals surface area contributed by atoms with Gasteiger partial charge in [0.05, 0.1) is 6.10 Å². The van der Waals surface area contributed by atoms with Gasteiger partial charge in [-0.3, -0.25) is 4.79 Å². The molecule has 0 amide bonds. The van der Waals surface area contributed by atoms with Gasteiger partial charge in [-0.25, -0.2) is 0 Å². The molecule has 0 heterocycles. The Kier molecular flexibility index (Phi) is 12.2. The molecule has 0 saturated carbocycles. The summed E-state index contributed by atoms with van der Waals surface area (Å²) < 4.78 is 0. The molecule has 0 aromatic carbocycles. The first-order chi connectivity index (χ1) is 9.99. The zero-order valence-corrected chi connectivity index (χ0v) is 12.9. The Morgan fingerprint density at radius 1 is 1.05 bits per heavy atom. The molecular formula is C16H30O5. The van der Waals surface area contributed by atoms with E-state index in [9.17, 15) is 20.1 Å². The summed E-state index contributed by atoms with van der Waals surface area (Å²) in [5.41, 5.74) is 0. The number of rotatable bonds is 13. The molecule has 21 heavy (non-hydrogen) atoms. The normalized spacial score (nSPS) is 16.0. The predicted octanol–water partition coefficient (Wildman–Crippen LogP) is 2.24. The maximum Gasteiger partial charge on any atom is 0.303 e. The van der Waals surface area contributed by atoms with E-state index in [0.717, 1.165) is 25.7 Å². The van der Waals surface area contributed by atoms with Crippen LogP contribution in [0.1, 0.15) is 64.7 Å². The van der Waals surface area contributed by atoms with E-state index < -0.39 is 24.3 Å². The number of carbonyl (C=O) groups is 1. The van der Waals surface area contributed by atoms with Crippen molar-refractivity contribution in [3.63, 3.8) is 0 Å². The van der Waals surface area contributed by atoms with Crippen molar-refractivity contribution in [3.8, 4) is 0 Å². The highest BCUT2D eigenvalue weighted by Gasteiger charge is 2.22. The highest BCUT2D eigenvalue weighted by Crippen LogP contribution is 2.12. The minimum Gasteiger partial charge on any atom is -0.481 e. The second-order valence-electron chi connectivity index (χ2n) is 5.47. The maximum atomic E-state index is 10.3. The molecule has 0 spiro atoms. The number of hydrogen-bond acceptors (Lipinski definition) is 4. The number of allylic oxidation sites excluding steroid dienone is 1. The SMILES string of the molecule is CCCCCC=C[C@H](O)[C@H](O)[C@H](O)CCCCCC(=O)O. The third-order valence-corrected chi connectivity index (χ3v) is 3.44. The highest BCUT2D eigenvalue weighted by molar-refractivity contribution is 5.66. The average Bonchev–Trinajstić information content (AvgIpc) is 2.45. The molecule has 0 rings (SSSR count). The lowest BCUT2D eigenvalue weighted by Crippen LogP contribution is -2.36. The molecule has 3 atom stereocenters. The van der Waals surface area contributed by atoms with Crippen LogP contribution in [-0.2, 0) is 4.79 Å². The molecule has 0 aliphatic heterocycles. The van der Waals surface area contributed by atoms with E-state index in [-0.39, 0.29) is 6.42 Å². The molecule has 0 fully saturated rings. The lowest BCUT2D eigenvalue weighted by Gasteiger charge is -2.20. The van der Waals surface area contributed by atoms with Crippen LogP contribution >= 0.6 is 0 Å². The van der Waals surface area contributed by atoms with E-state index in [1.165, 1.54) is 6.08 Å². The molecule has 0 radical (unpaired) electrons. The van der Waals surface area contributed by atoms with Crippen LogP contribution in [0, 0.1) is 0 Å². The molecule has 4 N–H and O–H groups in total. The lowest BCUT2D eigenvalue weighted by atomic mass is 10.0. The second-order valence-corrected chi connectivity index (χ2v) is 5.47. The van der Waals surface area contributed by atoms with Crippen molar-refractivity contribution < 1.29 is 25.2 Å². The van der Waals surface area contributed by atoms with Crippen molar-refractivity contribution in [1.29, 1.82) is 0 Å². The van der Waals surface area contributed by atoms with Crippen LogP contribution < -0.4 is 0 Å². The largest absolute Gasteiger partial charge is 0.481 e. The van der Waals surface area contributed by atoms with Crippen molar-refractivity contribution in [2.75, 3.05) is 0 Å². The summed E-state index contributed by atoms with van der Waals surface area (Å²) in [4.78, 5) is 10.3. The van der Waals surface area contributed by atoms with E-state index in [4.69, 9.17) is 5.11 Å². The first-order valence-electron chi connectivity index (χ1n) is 7.91. The third-order valence-electron chi connectivity index (χ3n) is 3.44. The van der Waals surface area contributed by atoms with Crippen molar-refractivity contribution in [2.45, 2.75) is 83.0 Å². The topological polar surface area (TPSA) is 98.0 Å². The van der Waals surface area contributed by atoms with Crippen LogP contribution in [0.2, 0.25) is 0 Å². The second kappa shape index (κ2) is 12.8. The van der Waals surface area contributed by atoms with Gasteiger partial charge in [-0.2, -0.15) is 0 Å². The Morgan fingerprint density at radius 2 is 1.76 bits per heavy atom. The molecule has 0 bridgehead atoms. The molecular weight excluding hydrogens is 272 g/mol. The van der Waals surface area contributed by atoms with E-state index in [2.05, 4.69) is 6.92 Å². The minimum atomic E-state index is -1.19. The Morgan fingerprint density at radius 3 is 2.38 bits per heavy atom. The molecule has 0 unspecified atom stereocenters. The first kappa shape index (κ1) is 20.1. The van der Waals surface area contributed by atoms with Gasteiger partial charge in [0, 0.05) is 6.42 Å². The van der Waals surface area contributed by atoms with Gasteiger partial charge < -0.3 is 20.4 Å². The van der Waals surface area contributed by atoms with Gasteiger partial charge in [0.25, 0.3) is 0 Å². The zero-order chi connectivity index (χ0) is 16.1. The number of aliphatic hydroxyl groups is 3. The summed E-state index contributed by atoms with van der Waals surface area (Å²) in [5.74, 6) is -0.820. The molecule has 5 heteroatoms. The number of aliphatic carboxylic acids is 1. The molecule has 0 aromatic rings. The van der Waals surface area contributed by atoms with Crippen LogP contribution in [0.5, 0.6) is 0 Å². The maximum absolute atomic E-state index is 10.3. The summed E-state index contributed by atoms with van der Waals surface area (Å²) in [6.07, 6.45) is 6.74. The Hall–Kier alpha value is -0.910. The summed E-state index contributed by atoms with van der Waals surface area (Å²) in [5, 5.41) is 37.8. The van der Waals surface area contributed by atoms with Gasteiger partial charge in [-0.1, -0.05) is 44.8 Å². The van der Waals surface area contributed by atoms with Crippen LogP contribution in [0.3, 0.4) is 0 Å². The standard InChI is InChI=1S/C16H30O5/c1-2-3-4-5-7-10-13(17)16(21)14(18)11-8-6-9-12-15(19)20/h7,10,13-14,16-18,21H,2-6,8-9,11-12H2,1H3,(H,19,20)/t13-,14+,16-/m0/s1. The fraction of sp³-hybridized carbons (Fsp3) is 0.812. The fourth-order valence-corrected chi connectivity index (χ4v) is 2.07. The quantitative estimate of drug-likeness (QED) is 0.309. The highest BCUT2D eigenvalue weighted by atomic mass is 16.4. The number of unbranched alkanes of at least 4 members (excludes halogenated alkanes) is 5. The number of hydrogen-bond donors (Lipinski definition) is 4. The Balaban J connectivity index is 3.80. The van der Waals surface area contributed by atoms with Gasteiger partial charge in [-0.05, 0) is 25.7 Å². The van der Waals surface area contributed by atoms with Gasteiger partial charge in [0.1, 0.15) is 12.2 Å². The lowest BCUT2D eigenvalue weighted by molar-refractivity contribution is -0.137. The predicted molar refractivity (Wildman–Crippen MR) is 82.0 cm³/mol. The van der Waals surface area contributed by atoms with Gasteiger partial charge in [-0.15, -0.1) is 0 Å². The van der Waals surface area contributed by atoms with Crippen LogP contribution in [-0.4, -0.2) is 44.7 Å². The van der Waals surface area contributed by atoms with E-state index in [0.29, 0.717) is 25.7 Å². The van der Waals surface area contributed by atoms with Crippen LogP contribution in [0.4, 0.5) is 0 Å². The number of carboxylic acid groups (broad SMARTS) is 1. The minimum absolute atomic E-state index is 0.127. The van der Waals surface area contributed by atoms with Gasteiger partial charge >= 0.3 is 5.97 Å².